The van der Waals surface area contributed by atoms with Gasteiger partial charge in [0.1, 0.15) is 0 Å². The van der Waals surface area contributed by atoms with Crippen molar-refractivity contribution in [2.24, 2.45) is 0 Å². The van der Waals surface area contributed by atoms with Gasteiger partial charge in [-0.3, -0.25) is 9.78 Å². The van der Waals surface area contributed by atoms with Crippen LogP contribution in [-0.4, -0.2) is 28.2 Å². The van der Waals surface area contributed by atoms with Crippen molar-refractivity contribution in [3.05, 3.63) is 42.4 Å². The highest BCUT2D eigenvalue weighted by molar-refractivity contribution is 5.73. The van der Waals surface area contributed by atoms with Crippen LogP contribution in [0.25, 0.3) is 11.1 Å². The number of aromatic nitrogens is 2. The van der Waals surface area contributed by atoms with E-state index >= 15 is 0 Å². The first-order chi connectivity index (χ1) is 8.70. The molecule has 0 atom stereocenters. The van der Waals surface area contributed by atoms with Crippen molar-refractivity contribution in [3.8, 4) is 17.0 Å². The van der Waals surface area contributed by atoms with Crippen molar-refractivity contribution >= 4 is 5.97 Å². The number of carboxylic acid groups (broad SMARTS) is 1. The maximum absolute atomic E-state index is 10.7. The summed E-state index contributed by atoms with van der Waals surface area (Å²) in [5.74, 6) is -0.419. The molecule has 0 spiro atoms. The summed E-state index contributed by atoms with van der Waals surface area (Å²) in [4.78, 5) is 18.8. The summed E-state index contributed by atoms with van der Waals surface area (Å²) in [6.07, 6.45) is 4.78. The zero-order valence-corrected chi connectivity index (χ0v) is 9.83. The van der Waals surface area contributed by atoms with E-state index in [0.717, 1.165) is 11.1 Å². The van der Waals surface area contributed by atoms with E-state index in [9.17, 15) is 4.79 Å². The number of pyridine rings is 2. The second-order valence-corrected chi connectivity index (χ2v) is 3.71. The Hall–Kier alpha value is -2.43. The Bertz CT molecular complexity index is 555. The fraction of sp³-hybridized carbons (Fsp3) is 0.154. The van der Waals surface area contributed by atoms with Gasteiger partial charge < -0.3 is 9.84 Å². The number of carbonyl (C=O) groups is 1. The van der Waals surface area contributed by atoms with Crippen LogP contribution in [0.1, 0.15) is 5.56 Å². The molecule has 5 heteroatoms. The molecule has 2 aromatic heterocycles. The lowest BCUT2D eigenvalue weighted by Crippen LogP contribution is -2.02. The van der Waals surface area contributed by atoms with Crippen LogP contribution < -0.4 is 4.74 Å². The lowest BCUT2D eigenvalue weighted by molar-refractivity contribution is -0.136. The van der Waals surface area contributed by atoms with E-state index in [1.54, 1.807) is 18.5 Å². The third-order valence-corrected chi connectivity index (χ3v) is 2.45. The van der Waals surface area contributed by atoms with Gasteiger partial charge in [0.15, 0.2) is 0 Å². The Kier molecular flexibility index (Phi) is 3.52. The predicted octanol–water partition coefficient (Wildman–Crippen LogP) is 1.78. The molecule has 18 heavy (non-hydrogen) atoms. The van der Waals surface area contributed by atoms with Crippen LogP contribution >= 0.6 is 0 Å². The first-order valence-electron chi connectivity index (χ1n) is 5.36. The van der Waals surface area contributed by atoms with Gasteiger partial charge in [-0.05, 0) is 29.3 Å². The molecule has 2 rings (SSSR count). The molecule has 0 aromatic carbocycles. The minimum atomic E-state index is -0.886. The summed E-state index contributed by atoms with van der Waals surface area (Å²) in [7, 11) is 1.53. The van der Waals surface area contributed by atoms with Crippen LogP contribution in [0, 0.1) is 0 Å². The Morgan fingerprint density at radius 2 is 2.11 bits per heavy atom. The Labute approximate surface area is 104 Å². The highest BCUT2D eigenvalue weighted by Crippen LogP contribution is 2.28. The van der Waals surface area contributed by atoms with E-state index in [1.165, 1.54) is 13.3 Å². The largest absolute Gasteiger partial charge is 0.481 e. The van der Waals surface area contributed by atoms with E-state index in [1.807, 2.05) is 12.1 Å². The average Bonchev–Trinajstić information content (AvgIpc) is 2.39. The first kappa shape index (κ1) is 12.0. The molecule has 0 saturated carbocycles. The molecule has 0 unspecified atom stereocenters. The Balaban J connectivity index is 2.46. The quantitative estimate of drug-likeness (QED) is 0.887. The van der Waals surface area contributed by atoms with E-state index < -0.39 is 5.97 Å². The highest BCUT2D eigenvalue weighted by atomic mass is 16.5. The van der Waals surface area contributed by atoms with E-state index in [-0.39, 0.29) is 6.42 Å². The second-order valence-electron chi connectivity index (χ2n) is 3.71. The van der Waals surface area contributed by atoms with Crippen LogP contribution in [0.4, 0.5) is 0 Å². The van der Waals surface area contributed by atoms with Gasteiger partial charge in [0.2, 0.25) is 5.88 Å². The zero-order valence-electron chi connectivity index (χ0n) is 9.83. The fourth-order valence-corrected chi connectivity index (χ4v) is 1.67. The van der Waals surface area contributed by atoms with Gasteiger partial charge in [0.25, 0.3) is 0 Å². The number of aliphatic carboxylic acids is 1. The van der Waals surface area contributed by atoms with Crippen LogP contribution in [-0.2, 0) is 11.2 Å². The number of rotatable bonds is 4. The van der Waals surface area contributed by atoms with Gasteiger partial charge in [-0.1, -0.05) is 0 Å². The van der Waals surface area contributed by atoms with Gasteiger partial charge in [0.05, 0.1) is 13.5 Å². The van der Waals surface area contributed by atoms with Crippen molar-refractivity contribution < 1.29 is 14.6 Å². The van der Waals surface area contributed by atoms with Crippen molar-refractivity contribution in [2.75, 3.05) is 7.11 Å². The number of ether oxygens (including phenoxy) is 1. The van der Waals surface area contributed by atoms with Gasteiger partial charge in [-0.15, -0.1) is 0 Å². The molecule has 2 heterocycles. The van der Waals surface area contributed by atoms with Crippen LogP contribution in [0.3, 0.4) is 0 Å². The number of carboxylic acids is 1. The number of nitrogens with zero attached hydrogens (tertiary/aromatic N) is 2. The molecule has 0 amide bonds. The molecule has 0 radical (unpaired) electrons. The van der Waals surface area contributed by atoms with Crippen LogP contribution in [0.5, 0.6) is 5.88 Å². The third kappa shape index (κ3) is 2.63. The molecule has 0 aliphatic rings. The molecule has 0 fully saturated rings. The van der Waals surface area contributed by atoms with Crippen molar-refractivity contribution in [1.82, 2.24) is 9.97 Å². The monoisotopic (exact) mass is 244 g/mol. The van der Waals surface area contributed by atoms with Gasteiger partial charge in [-0.2, -0.15) is 0 Å². The molecule has 0 bridgehead atoms. The molecule has 1 N–H and O–H groups in total. The summed E-state index contributed by atoms with van der Waals surface area (Å²) in [6, 6.07) is 5.42. The molecule has 0 aliphatic carbocycles. The number of hydrogen-bond acceptors (Lipinski definition) is 4. The van der Waals surface area contributed by atoms with Crippen LogP contribution in [0.15, 0.2) is 36.8 Å². The third-order valence-electron chi connectivity index (χ3n) is 2.45. The van der Waals surface area contributed by atoms with Crippen molar-refractivity contribution in [3.63, 3.8) is 0 Å². The molecule has 92 valence electrons. The number of hydrogen-bond donors (Lipinski definition) is 1. The zero-order chi connectivity index (χ0) is 13.0. The fourth-order valence-electron chi connectivity index (χ4n) is 1.67. The molecule has 5 nitrogen and oxygen atoms in total. The molecular formula is C13H12N2O3. The molecule has 0 saturated heterocycles. The summed E-state index contributed by atoms with van der Waals surface area (Å²) >= 11 is 0. The SMILES string of the molecule is COc1ncc(CC(=O)O)cc1-c1ccncc1. The topological polar surface area (TPSA) is 72.3 Å². The minimum absolute atomic E-state index is 0.0604. The maximum atomic E-state index is 10.7. The lowest BCUT2D eigenvalue weighted by atomic mass is 10.1. The van der Waals surface area contributed by atoms with Gasteiger partial charge in [0, 0.05) is 24.2 Å². The average molecular weight is 244 g/mol. The summed E-state index contributed by atoms with van der Waals surface area (Å²) in [5, 5.41) is 8.79. The Morgan fingerprint density at radius 3 is 2.72 bits per heavy atom. The van der Waals surface area contributed by atoms with Gasteiger partial charge in [-0.25, -0.2) is 4.98 Å². The summed E-state index contributed by atoms with van der Waals surface area (Å²) < 4.78 is 5.18. The predicted molar refractivity (Wildman–Crippen MR) is 65.4 cm³/mol. The second kappa shape index (κ2) is 5.27. The van der Waals surface area contributed by atoms with Crippen LogP contribution in [0.2, 0.25) is 0 Å². The molecule has 2 aromatic rings. The highest BCUT2D eigenvalue weighted by Gasteiger charge is 2.10. The molecule has 0 aliphatic heterocycles. The smallest absolute Gasteiger partial charge is 0.307 e. The van der Waals surface area contributed by atoms with E-state index in [2.05, 4.69) is 9.97 Å². The first-order valence-corrected chi connectivity index (χ1v) is 5.36. The minimum Gasteiger partial charge on any atom is -0.481 e. The van der Waals surface area contributed by atoms with Crippen molar-refractivity contribution in [2.45, 2.75) is 6.42 Å². The summed E-state index contributed by atoms with van der Waals surface area (Å²) in [5.41, 5.74) is 2.29. The normalized spacial score (nSPS) is 10.1. The van der Waals surface area contributed by atoms with Crippen molar-refractivity contribution in [1.29, 1.82) is 0 Å². The van der Waals surface area contributed by atoms with E-state index in [0.29, 0.717) is 11.4 Å². The number of methoxy groups -OCH3 is 1. The van der Waals surface area contributed by atoms with Gasteiger partial charge >= 0.3 is 5.97 Å². The lowest BCUT2D eigenvalue weighted by Gasteiger charge is -2.08. The van der Waals surface area contributed by atoms with E-state index in [4.69, 9.17) is 9.84 Å². The summed E-state index contributed by atoms with van der Waals surface area (Å²) in [6.45, 7) is 0. The standard InChI is InChI=1S/C13H12N2O3/c1-18-13-11(10-2-4-14-5-3-10)6-9(8-15-13)7-12(16)17/h2-6,8H,7H2,1H3,(H,16,17). The maximum Gasteiger partial charge on any atom is 0.307 e. The molecular weight excluding hydrogens is 232 g/mol. The Morgan fingerprint density at radius 1 is 1.39 bits per heavy atom.